The second-order valence-electron chi connectivity index (χ2n) is 6.45. The molecule has 3 aromatic rings. The largest absolute Gasteiger partial charge is 0.336 e. The molecule has 6 heteroatoms. The van der Waals surface area contributed by atoms with Gasteiger partial charge in [0, 0.05) is 31.0 Å². The van der Waals surface area contributed by atoms with Crippen LogP contribution in [0, 0.1) is 6.92 Å². The van der Waals surface area contributed by atoms with Gasteiger partial charge in [-0.3, -0.25) is 9.89 Å². The maximum Gasteiger partial charge on any atom is 0.257 e. The second kappa shape index (κ2) is 6.55. The first kappa shape index (κ1) is 15.6. The Balaban J connectivity index is 1.58. The summed E-state index contributed by atoms with van der Waals surface area (Å²) in [5, 5.41) is 7.09. The molecule has 1 aliphatic rings. The van der Waals surface area contributed by atoms with E-state index in [1.165, 1.54) is 0 Å². The van der Waals surface area contributed by atoms with Gasteiger partial charge in [0.05, 0.1) is 23.5 Å². The first-order chi connectivity index (χ1) is 12.2. The summed E-state index contributed by atoms with van der Waals surface area (Å²) >= 11 is 0. The van der Waals surface area contributed by atoms with Gasteiger partial charge in [0.2, 0.25) is 0 Å². The number of hydrogen-bond acceptors (Lipinski definition) is 3. The van der Waals surface area contributed by atoms with Gasteiger partial charge in [-0.2, -0.15) is 5.10 Å². The third-order valence-corrected chi connectivity index (χ3v) is 4.87. The van der Waals surface area contributed by atoms with E-state index in [0.29, 0.717) is 12.1 Å². The number of aryl methyl sites for hydroxylation is 1. The number of amides is 1. The van der Waals surface area contributed by atoms with Crippen molar-refractivity contribution in [2.75, 3.05) is 13.1 Å². The van der Waals surface area contributed by atoms with Gasteiger partial charge in [-0.1, -0.05) is 30.3 Å². The fraction of sp³-hybridized carbons (Fsp3) is 0.316. The minimum atomic E-state index is 0.0371. The molecule has 1 atom stereocenters. The van der Waals surface area contributed by atoms with Crippen LogP contribution >= 0.6 is 0 Å². The number of nitrogens with one attached hydrogen (secondary N) is 1. The van der Waals surface area contributed by atoms with Crippen LogP contribution in [-0.4, -0.2) is 43.6 Å². The molecule has 1 N–H and O–H groups in total. The van der Waals surface area contributed by atoms with Gasteiger partial charge in [0.25, 0.3) is 5.91 Å². The number of piperidine rings is 1. The Morgan fingerprint density at radius 3 is 2.88 bits per heavy atom. The number of likely N-dealkylation sites (tertiary alicyclic amines) is 1. The number of aromatic nitrogens is 4. The normalized spacial score (nSPS) is 17.6. The molecule has 1 aromatic carbocycles. The number of H-pyrrole nitrogens is 1. The summed E-state index contributed by atoms with van der Waals surface area (Å²) in [6.45, 7) is 3.49. The van der Waals surface area contributed by atoms with Gasteiger partial charge >= 0.3 is 0 Å². The van der Waals surface area contributed by atoms with E-state index < -0.39 is 0 Å². The fourth-order valence-electron chi connectivity index (χ4n) is 3.58. The first-order valence-electron chi connectivity index (χ1n) is 8.61. The van der Waals surface area contributed by atoms with Gasteiger partial charge in [0.1, 0.15) is 5.82 Å². The Labute approximate surface area is 146 Å². The van der Waals surface area contributed by atoms with Crippen molar-refractivity contribution in [3.63, 3.8) is 0 Å². The number of rotatable bonds is 3. The average molecular weight is 335 g/mol. The average Bonchev–Trinajstić information content (AvgIpc) is 3.31. The molecule has 0 bridgehead atoms. The van der Waals surface area contributed by atoms with E-state index in [-0.39, 0.29) is 11.9 Å². The van der Waals surface area contributed by atoms with E-state index >= 15 is 0 Å². The van der Waals surface area contributed by atoms with Crippen molar-refractivity contribution in [3.8, 4) is 11.3 Å². The molecular formula is C19H21N5O. The number of hydrogen-bond donors (Lipinski definition) is 1. The zero-order valence-electron chi connectivity index (χ0n) is 14.2. The molecule has 1 unspecified atom stereocenters. The molecule has 3 heterocycles. The van der Waals surface area contributed by atoms with E-state index in [1.807, 2.05) is 54.5 Å². The predicted molar refractivity (Wildman–Crippen MR) is 95.2 cm³/mol. The lowest BCUT2D eigenvalue weighted by atomic mass is 10.0. The van der Waals surface area contributed by atoms with Crippen molar-refractivity contribution < 1.29 is 4.79 Å². The maximum atomic E-state index is 13.1. The highest BCUT2D eigenvalue weighted by atomic mass is 16.2. The summed E-state index contributed by atoms with van der Waals surface area (Å²) in [7, 11) is 0. The lowest BCUT2D eigenvalue weighted by Gasteiger charge is -2.34. The van der Waals surface area contributed by atoms with Crippen molar-refractivity contribution in [2.24, 2.45) is 0 Å². The highest BCUT2D eigenvalue weighted by Crippen LogP contribution is 2.27. The first-order valence-corrected chi connectivity index (χ1v) is 8.61. The Morgan fingerprint density at radius 1 is 1.28 bits per heavy atom. The van der Waals surface area contributed by atoms with Crippen LogP contribution in [0.4, 0.5) is 0 Å². The van der Waals surface area contributed by atoms with Gasteiger partial charge in [-0.05, 0) is 19.8 Å². The zero-order chi connectivity index (χ0) is 17.2. The van der Waals surface area contributed by atoms with E-state index in [0.717, 1.165) is 36.5 Å². The van der Waals surface area contributed by atoms with Crippen LogP contribution in [0.25, 0.3) is 11.3 Å². The van der Waals surface area contributed by atoms with E-state index in [4.69, 9.17) is 0 Å². The lowest BCUT2D eigenvalue weighted by molar-refractivity contribution is 0.0679. The molecule has 1 amide bonds. The SMILES string of the molecule is Cc1nccn1C1CCCN(C(=O)c2cn[nH]c2-c2ccccc2)C1. The number of benzene rings is 1. The van der Waals surface area contributed by atoms with Crippen LogP contribution in [0.5, 0.6) is 0 Å². The van der Waals surface area contributed by atoms with Crippen LogP contribution in [0.3, 0.4) is 0 Å². The number of imidazole rings is 1. The van der Waals surface area contributed by atoms with Crippen LogP contribution < -0.4 is 0 Å². The van der Waals surface area contributed by atoms with Gasteiger partial charge in [-0.25, -0.2) is 4.98 Å². The summed E-state index contributed by atoms with van der Waals surface area (Å²) < 4.78 is 2.17. The third-order valence-electron chi connectivity index (χ3n) is 4.87. The van der Waals surface area contributed by atoms with Crippen LogP contribution in [0.15, 0.2) is 48.9 Å². The fourth-order valence-corrected chi connectivity index (χ4v) is 3.58. The maximum absolute atomic E-state index is 13.1. The Bertz CT molecular complexity index is 867. The summed E-state index contributed by atoms with van der Waals surface area (Å²) in [5.74, 6) is 1.03. The molecule has 0 spiro atoms. The Morgan fingerprint density at radius 2 is 2.12 bits per heavy atom. The number of aromatic amines is 1. The molecule has 1 fully saturated rings. The van der Waals surface area contributed by atoms with E-state index in [9.17, 15) is 4.79 Å². The van der Waals surface area contributed by atoms with Gasteiger partial charge < -0.3 is 9.47 Å². The van der Waals surface area contributed by atoms with Gasteiger partial charge in [0.15, 0.2) is 0 Å². The standard InChI is InChI=1S/C19H21N5O/c1-14-20-9-11-24(14)16-8-5-10-23(13-16)19(25)17-12-21-22-18(17)15-6-3-2-4-7-15/h2-4,6-7,9,11-12,16H,5,8,10,13H2,1H3,(H,21,22). The van der Waals surface area contributed by atoms with Crippen molar-refractivity contribution in [1.29, 1.82) is 0 Å². The minimum Gasteiger partial charge on any atom is -0.336 e. The molecule has 128 valence electrons. The number of carbonyl (C=O) groups excluding carboxylic acids is 1. The van der Waals surface area contributed by atoms with E-state index in [2.05, 4.69) is 19.7 Å². The topological polar surface area (TPSA) is 66.8 Å². The lowest BCUT2D eigenvalue weighted by Crippen LogP contribution is -2.40. The van der Waals surface area contributed by atoms with Crippen molar-refractivity contribution in [1.82, 2.24) is 24.6 Å². The number of nitrogens with zero attached hydrogens (tertiary/aromatic N) is 4. The van der Waals surface area contributed by atoms with Crippen molar-refractivity contribution >= 4 is 5.91 Å². The van der Waals surface area contributed by atoms with E-state index in [1.54, 1.807) is 6.20 Å². The molecule has 1 saturated heterocycles. The van der Waals surface area contributed by atoms with Gasteiger partial charge in [-0.15, -0.1) is 0 Å². The predicted octanol–water partition coefficient (Wildman–Crippen LogP) is 3.06. The molecular weight excluding hydrogens is 314 g/mol. The molecule has 0 aliphatic carbocycles. The third kappa shape index (κ3) is 2.95. The summed E-state index contributed by atoms with van der Waals surface area (Å²) in [5.41, 5.74) is 2.39. The van der Waals surface area contributed by atoms with Crippen LogP contribution in [-0.2, 0) is 0 Å². The molecule has 0 radical (unpaired) electrons. The Hall–Kier alpha value is -2.89. The quantitative estimate of drug-likeness (QED) is 0.800. The molecule has 2 aromatic heterocycles. The second-order valence-corrected chi connectivity index (χ2v) is 6.45. The minimum absolute atomic E-state index is 0.0371. The monoisotopic (exact) mass is 335 g/mol. The summed E-state index contributed by atoms with van der Waals surface area (Å²) in [6, 6.07) is 10.1. The van der Waals surface area contributed by atoms with Crippen LogP contribution in [0.2, 0.25) is 0 Å². The smallest absolute Gasteiger partial charge is 0.257 e. The highest BCUT2D eigenvalue weighted by molar-refractivity contribution is 5.99. The molecule has 0 saturated carbocycles. The molecule has 1 aliphatic heterocycles. The molecule has 6 nitrogen and oxygen atoms in total. The number of carbonyl (C=O) groups is 1. The summed E-state index contributed by atoms with van der Waals surface area (Å²) in [4.78, 5) is 19.3. The zero-order valence-corrected chi connectivity index (χ0v) is 14.2. The van der Waals surface area contributed by atoms with Crippen molar-refractivity contribution in [3.05, 3.63) is 60.3 Å². The molecule has 4 rings (SSSR count). The Kier molecular flexibility index (Phi) is 4.09. The molecule has 25 heavy (non-hydrogen) atoms. The van der Waals surface area contributed by atoms with Crippen LogP contribution in [0.1, 0.15) is 35.1 Å². The van der Waals surface area contributed by atoms with Crippen molar-refractivity contribution in [2.45, 2.75) is 25.8 Å². The summed E-state index contributed by atoms with van der Waals surface area (Å²) in [6.07, 6.45) is 7.52. The highest BCUT2D eigenvalue weighted by Gasteiger charge is 2.28.